The van der Waals surface area contributed by atoms with Gasteiger partial charge in [0, 0.05) is 26.6 Å². The van der Waals surface area contributed by atoms with E-state index in [1.165, 1.54) is 118 Å². The van der Waals surface area contributed by atoms with Crippen molar-refractivity contribution in [3.05, 3.63) is 137 Å². The van der Waals surface area contributed by atoms with Gasteiger partial charge in [-0.25, -0.2) is 0 Å². The summed E-state index contributed by atoms with van der Waals surface area (Å²) in [6.07, 6.45) is 11.8. The van der Waals surface area contributed by atoms with Crippen molar-refractivity contribution in [2.45, 2.75) is 150 Å². The summed E-state index contributed by atoms with van der Waals surface area (Å²) in [5.41, 5.74) is 16.8. The Morgan fingerprint density at radius 1 is 0.483 bits per heavy atom. The number of benzene rings is 5. The molecular formula is C56H63NS. The van der Waals surface area contributed by atoms with Gasteiger partial charge < -0.3 is 4.90 Å². The number of fused-ring (bicyclic) bond motifs is 4. The smallest absolute Gasteiger partial charge is 0.0604 e. The average Bonchev–Trinajstić information content (AvgIpc) is 3.20. The summed E-state index contributed by atoms with van der Waals surface area (Å²) in [6, 6.07) is 41.3. The molecule has 4 bridgehead atoms. The summed E-state index contributed by atoms with van der Waals surface area (Å²) in [5.74, 6) is 3.14. The molecule has 0 unspecified atom stereocenters. The number of hydrogen-bond donors (Lipinski definition) is 0. The van der Waals surface area contributed by atoms with E-state index in [2.05, 4.69) is 175 Å². The fourth-order valence-electron chi connectivity index (χ4n) is 13.9. The van der Waals surface area contributed by atoms with E-state index >= 15 is 0 Å². The third-order valence-electron chi connectivity index (χ3n) is 17.0. The first kappa shape index (κ1) is 37.3. The maximum absolute atomic E-state index is 2.71. The summed E-state index contributed by atoms with van der Waals surface area (Å²) >= 11 is 2.07. The summed E-state index contributed by atoms with van der Waals surface area (Å²) in [7, 11) is 0. The van der Waals surface area contributed by atoms with Crippen LogP contribution >= 0.6 is 11.8 Å². The molecule has 1 nitrogen and oxygen atoms in total. The molecule has 5 aromatic rings. The van der Waals surface area contributed by atoms with Gasteiger partial charge in [-0.05, 0) is 184 Å². The van der Waals surface area contributed by atoms with E-state index in [0.29, 0.717) is 11.8 Å². The zero-order valence-electron chi connectivity index (χ0n) is 36.3. The molecule has 6 aliphatic carbocycles. The summed E-state index contributed by atoms with van der Waals surface area (Å²) in [5, 5.41) is 0. The van der Waals surface area contributed by atoms with Gasteiger partial charge in [0.2, 0.25) is 0 Å². The lowest BCUT2D eigenvalue weighted by atomic mass is 9.41. The van der Waals surface area contributed by atoms with Crippen LogP contribution in [0.3, 0.4) is 0 Å². The molecule has 298 valence electrons. The zero-order chi connectivity index (χ0) is 40.0. The van der Waals surface area contributed by atoms with Crippen molar-refractivity contribution >= 4 is 28.8 Å². The van der Waals surface area contributed by atoms with Gasteiger partial charge in [-0.2, -0.15) is 0 Å². The van der Waals surface area contributed by atoms with E-state index in [4.69, 9.17) is 0 Å². The molecule has 0 saturated heterocycles. The van der Waals surface area contributed by atoms with Crippen molar-refractivity contribution < 1.29 is 0 Å². The molecule has 0 amide bonds. The van der Waals surface area contributed by atoms with Gasteiger partial charge in [-0.1, -0.05) is 134 Å². The highest BCUT2D eigenvalue weighted by atomic mass is 32.2. The first-order valence-electron chi connectivity index (χ1n) is 22.8. The Hall–Kier alpha value is -3.75. The number of rotatable bonds is 4. The topological polar surface area (TPSA) is 3.24 Å². The van der Waals surface area contributed by atoms with Gasteiger partial charge in [0.25, 0.3) is 0 Å². The van der Waals surface area contributed by atoms with Crippen LogP contribution in [0.5, 0.6) is 0 Å². The Bertz CT molecular complexity index is 2350. The monoisotopic (exact) mass is 781 g/mol. The van der Waals surface area contributed by atoms with Crippen molar-refractivity contribution in [3.8, 4) is 11.1 Å². The Balaban J connectivity index is 1.18. The third-order valence-corrected chi connectivity index (χ3v) is 18.2. The van der Waals surface area contributed by atoms with E-state index in [1.807, 2.05) is 0 Å². The Kier molecular flexibility index (Phi) is 8.12. The first-order valence-corrected chi connectivity index (χ1v) is 23.6. The van der Waals surface area contributed by atoms with Gasteiger partial charge in [-0.3, -0.25) is 0 Å². The highest BCUT2D eigenvalue weighted by Crippen LogP contribution is 2.71. The van der Waals surface area contributed by atoms with Crippen molar-refractivity contribution in [2.24, 2.45) is 23.7 Å². The van der Waals surface area contributed by atoms with E-state index in [9.17, 15) is 0 Å². The third kappa shape index (κ3) is 5.34. The summed E-state index contributed by atoms with van der Waals surface area (Å²) in [6.45, 7) is 19.8. The van der Waals surface area contributed by atoms with Crippen LogP contribution in [0.2, 0.25) is 0 Å². The lowest BCUT2D eigenvalue weighted by Gasteiger charge is -2.63. The molecule has 7 aliphatic rings. The molecule has 1 aliphatic heterocycles. The van der Waals surface area contributed by atoms with Crippen molar-refractivity contribution in [2.75, 3.05) is 4.90 Å². The minimum Gasteiger partial charge on any atom is -0.309 e. The molecule has 12 rings (SSSR count). The van der Waals surface area contributed by atoms with Gasteiger partial charge in [0.1, 0.15) is 0 Å². The number of hydrogen-bond acceptors (Lipinski definition) is 2. The van der Waals surface area contributed by atoms with Gasteiger partial charge in [0.05, 0.1) is 5.69 Å². The van der Waals surface area contributed by atoms with Gasteiger partial charge in [0.15, 0.2) is 0 Å². The highest BCUT2D eigenvalue weighted by Gasteiger charge is 2.61. The second-order valence-electron chi connectivity index (χ2n) is 22.3. The van der Waals surface area contributed by atoms with Crippen LogP contribution in [-0.2, 0) is 27.1 Å². The Morgan fingerprint density at radius 2 is 1.00 bits per heavy atom. The molecule has 5 aromatic carbocycles. The fraction of sp³-hybridized carbons (Fsp3) is 0.464. The zero-order valence-corrected chi connectivity index (χ0v) is 37.2. The standard InChI is InChI=1S/C56H63NS/c1-52(2)24-26-54(5,6)46-33-40(20-22-43(46)52)57(41-21-23-44-47(34-41)55(7,8)27-25-53(44,3)4)48-18-13-17-45-51(48)58-49-19-12-16-42(37-14-10-9-11-15-37)50(49)56(45)38-29-35-28-36(31-38)32-39(56)30-35/h9-23,33-36,38-39H,24-32H2,1-8H3. The molecule has 4 fully saturated rings. The number of anilines is 3. The quantitative estimate of drug-likeness (QED) is 0.179. The summed E-state index contributed by atoms with van der Waals surface area (Å²) in [4.78, 5) is 5.68. The minimum absolute atomic E-state index is 0.0151. The van der Waals surface area contributed by atoms with Crippen LogP contribution < -0.4 is 4.90 Å². The van der Waals surface area contributed by atoms with Crippen LogP contribution in [0.4, 0.5) is 17.1 Å². The average molecular weight is 782 g/mol. The fourth-order valence-corrected chi connectivity index (χ4v) is 15.3. The minimum atomic E-state index is 0.0151. The molecule has 0 N–H and O–H groups in total. The Morgan fingerprint density at radius 3 is 1.55 bits per heavy atom. The predicted molar refractivity (Wildman–Crippen MR) is 246 cm³/mol. The second-order valence-corrected chi connectivity index (χ2v) is 23.4. The lowest BCUT2D eigenvalue weighted by Crippen LogP contribution is -2.57. The number of nitrogens with zero attached hydrogens (tertiary/aromatic N) is 1. The maximum Gasteiger partial charge on any atom is 0.0604 e. The molecule has 1 heterocycles. The molecule has 4 saturated carbocycles. The van der Waals surface area contributed by atoms with E-state index in [0.717, 1.165) is 11.8 Å². The van der Waals surface area contributed by atoms with Gasteiger partial charge in [-0.15, -0.1) is 0 Å². The van der Waals surface area contributed by atoms with Crippen LogP contribution in [-0.4, -0.2) is 0 Å². The molecule has 2 heteroatoms. The van der Waals surface area contributed by atoms with E-state index in [-0.39, 0.29) is 27.1 Å². The molecule has 0 atom stereocenters. The predicted octanol–water partition coefficient (Wildman–Crippen LogP) is 15.7. The van der Waals surface area contributed by atoms with E-state index < -0.39 is 0 Å². The SMILES string of the molecule is CC1(C)CCC(C)(C)c2cc(N(c3ccc4c(c3)C(C)(C)CCC4(C)C)c3cccc4c3Sc3cccc(-c5ccccc5)c3C43C4CC5CC(C4)CC3C5)ccc21. The van der Waals surface area contributed by atoms with Crippen molar-refractivity contribution in [1.29, 1.82) is 0 Å². The second kappa shape index (κ2) is 12.6. The molecule has 0 radical (unpaired) electrons. The van der Waals surface area contributed by atoms with Gasteiger partial charge >= 0.3 is 0 Å². The van der Waals surface area contributed by atoms with Crippen LogP contribution in [0.25, 0.3) is 11.1 Å². The van der Waals surface area contributed by atoms with E-state index in [1.54, 1.807) is 11.1 Å². The normalized spacial score (nSPS) is 28.6. The van der Waals surface area contributed by atoms with Crippen LogP contribution in [0.1, 0.15) is 147 Å². The molecule has 0 aromatic heterocycles. The van der Waals surface area contributed by atoms with Crippen LogP contribution in [0, 0.1) is 23.7 Å². The molecule has 58 heavy (non-hydrogen) atoms. The lowest BCUT2D eigenvalue weighted by molar-refractivity contribution is -0.0441. The summed E-state index contributed by atoms with van der Waals surface area (Å²) < 4.78 is 0. The van der Waals surface area contributed by atoms with Crippen molar-refractivity contribution in [3.63, 3.8) is 0 Å². The van der Waals surface area contributed by atoms with Crippen LogP contribution in [0.15, 0.2) is 113 Å². The van der Waals surface area contributed by atoms with Crippen molar-refractivity contribution in [1.82, 2.24) is 0 Å². The maximum atomic E-state index is 2.71. The molecular weight excluding hydrogens is 719 g/mol. The first-order chi connectivity index (χ1) is 27.7. The molecule has 1 spiro atoms. The largest absolute Gasteiger partial charge is 0.309 e. The Labute approximate surface area is 353 Å². The highest BCUT2D eigenvalue weighted by molar-refractivity contribution is 7.99.